The Morgan fingerprint density at radius 3 is 2.65 bits per heavy atom. The van der Waals surface area contributed by atoms with Crippen LogP contribution in [0.4, 0.5) is 0 Å². The van der Waals surface area contributed by atoms with Crippen LogP contribution in [-0.4, -0.2) is 28.9 Å². The van der Waals surface area contributed by atoms with Gasteiger partial charge in [0.2, 0.25) is 0 Å². The predicted octanol–water partition coefficient (Wildman–Crippen LogP) is 2.03. The molecule has 5 atom stereocenters. The Morgan fingerprint density at radius 1 is 1.45 bits per heavy atom. The van der Waals surface area contributed by atoms with Gasteiger partial charge in [-0.15, -0.1) is 0 Å². The molecule has 1 N–H and O–H groups in total. The molecule has 0 aromatic heterocycles. The van der Waals surface area contributed by atoms with Gasteiger partial charge in [0.15, 0.2) is 0 Å². The smallest absolute Gasteiger partial charge is 0.309 e. The monoisotopic (exact) mass is 282 g/mol. The van der Waals surface area contributed by atoms with Gasteiger partial charge in [0.05, 0.1) is 5.92 Å². The maximum atomic E-state index is 12.0. The molecule has 1 aliphatic heterocycles. The topological polar surface area (TPSA) is 80.7 Å². The van der Waals surface area contributed by atoms with Gasteiger partial charge in [-0.3, -0.25) is 14.4 Å². The number of aliphatic carboxylic acids is 1. The number of carboxylic acids is 1. The molecule has 0 bridgehead atoms. The summed E-state index contributed by atoms with van der Waals surface area (Å²) >= 11 is 0. The minimum Gasteiger partial charge on any atom is -0.481 e. The molecule has 0 aromatic rings. The minimum atomic E-state index is -0.854. The highest BCUT2D eigenvalue weighted by Gasteiger charge is 2.53. The van der Waals surface area contributed by atoms with Crippen LogP contribution in [0, 0.1) is 23.2 Å². The van der Waals surface area contributed by atoms with E-state index in [9.17, 15) is 14.4 Å². The molecule has 0 aromatic carbocycles. The maximum absolute atomic E-state index is 12.0. The van der Waals surface area contributed by atoms with Crippen LogP contribution in [0.15, 0.2) is 0 Å². The molecule has 0 spiro atoms. The molecule has 5 nitrogen and oxygen atoms in total. The number of hydrogen-bond donors (Lipinski definition) is 1. The highest BCUT2D eigenvalue weighted by molar-refractivity contribution is 5.80. The summed E-state index contributed by atoms with van der Waals surface area (Å²) in [6.45, 7) is 5.37. The third-order valence-corrected chi connectivity index (χ3v) is 5.18. The van der Waals surface area contributed by atoms with E-state index in [2.05, 4.69) is 0 Å². The largest absolute Gasteiger partial charge is 0.481 e. The molecule has 2 fully saturated rings. The number of ether oxygens (including phenoxy) is 1. The average Bonchev–Trinajstić information content (AvgIpc) is 2.60. The molecule has 5 heteroatoms. The molecule has 0 unspecified atom stereocenters. The van der Waals surface area contributed by atoms with Gasteiger partial charge < -0.3 is 9.84 Å². The standard InChI is InChI=1S/C15H22O5/c1-8-10-6-11(9(2)16)15(3,5-4-13(17)18)7-12(10)20-14(8)19/h8,10-12H,4-7H2,1-3H3,(H,17,18)/t8-,10-,11+,12-,15+/m1/s1. The van der Waals surface area contributed by atoms with Crippen molar-refractivity contribution in [2.24, 2.45) is 23.2 Å². The van der Waals surface area contributed by atoms with E-state index < -0.39 is 11.4 Å². The van der Waals surface area contributed by atoms with E-state index in [4.69, 9.17) is 9.84 Å². The number of fused-ring (bicyclic) bond motifs is 1. The summed E-state index contributed by atoms with van der Waals surface area (Å²) in [6.07, 6.45) is 1.55. The van der Waals surface area contributed by atoms with Crippen LogP contribution >= 0.6 is 0 Å². The van der Waals surface area contributed by atoms with Crippen molar-refractivity contribution in [1.82, 2.24) is 0 Å². The van der Waals surface area contributed by atoms with E-state index in [0.29, 0.717) is 19.3 Å². The second kappa shape index (κ2) is 5.19. The third-order valence-electron chi connectivity index (χ3n) is 5.18. The fraction of sp³-hybridized carbons (Fsp3) is 0.800. The Hall–Kier alpha value is -1.39. The number of esters is 1. The Morgan fingerprint density at radius 2 is 2.10 bits per heavy atom. The van der Waals surface area contributed by atoms with E-state index in [-0.39, 0.29) is 42.0 Å². The van der Waals surface area contributed by atoms with Crippen molar-refractivity contribution < 1.29 is 24.2 Å². The Kier molecular flexibility index (Phi) is 3.89. The van der Waals surface area contributed by atoms with E-state index in [0.717, 1.165) is 0 Å². The first-order valence-electron chi connectivity index (χ1n) is 7.17. The van der Waals surface area contributed by atoms with E-state index in [1.165, 1.54) is 0 Å². The van der Waals surface area contributed by atoms with Gasteiger partial charge in [0.1, 0.15) is 11.9 Å². The number of carbonyl (C=O) groups is 3. The maximum Gasteiger partial charge on any atom is 0.309 e. The van der Waals surface area contributed by atoms with Crippen molar-refractivity contribution in [2.45, 2.75) is 52.6 Å². The number of hydrogen-bond acceptors (Lipinski definition) is 4. The first-order chi connectivity index (χ1) is 9.24. The zero-order valence-corrected chi connectivity index (χ0v) is 12.2. The first kappa shape index (κ1) is 15.0. The van der Waals surface area contributed by atoms with Gasteiger partial charge >= 0.3 is 11.9 Å². The van der Waals surface area contributed by atoms with Crippen molar-refractivity contribution in [3.8, 4) is 0 Å². The van der Waals surface area contributed by atoms with Crippen LogP contribution in [0.5, 0.6) is 0 Å². The molecule has 20 heavy (non-hydrogen) atoms. The van der Waals surface area contributed by atoms with Crippen molar-refractivity contribution >= 4 is 17.7 Å². The summed E-state index contributed by atoms with van der Waals surface area (Å²) in [6, 6.07) is 0. The van der Waals surface area contributed by atoms with Gasteiger partial charge in [-0.05, 0) is 31.6 Å². The lowest BCUT2D eigenvalue weighted by Gasteiger charge is -2.44. The van der Waals surface area contributed by atoms with Crippen molar-refractivity contribution in [2.75, 3.05) is 0 Å². The van der Waals surface area contributed by atoms with Gasteiger partial charge in [-0.2, -0.15) is 0 Å². The number of Topliss-reactive ketones (excluding diaryl/α,β-unsaturated/α-hetero) is 1. The molecule has 1 saturated carbocycles. The Bertz CT molecular complexity index is 444. The summed E-state index contributed by atoms with van der Waals surface area (Å²) < 4.78 is 5.41. The van der Waals surface area contributed by atoms with Crippen LogP contribution < -0.4 is 0 Å². The summed E-state index contributed by atoms with van der Waals surface area (Å²) in [5.41, 5.74) is -0.393. The molecule has 2 aliphatic rings. The summed E-state index contributed by atoms with van der Waals surface area (Å²) in [7, 11) is 0. The predicted molar refractivity (Wildman–Crippen MR) is 70.9 cm³/mol. The third kappa shape index (κ3) is 2.58. The minimum absolute atomic E-state index is 0.0428. The number of carbonyl (C=O) groups excluding carboxylic acids is 2. The van der Waals surface area contributed by atoms with Gasteiger partial charge in [-0.1, -0.05) is 13.8 Å². The Labute approximate surface area is 118 Å². The molecule has 0 radical (unpaired) electrons. The van der Waals surface area contributed by atoms with Gasteiger partial charge in [0, 0.05) is 18.3 Å². The Balaban J connectivity index is 2.21. The average molecular weight is 282 g/mol. The van der Waals surface area contributed by atoms with E-state index >= 15 is 0 Å². The van der Waals surface area contributed by atoms with Crippen LogP contribution in [-0.2, 0) is 19.1 Å². The molecular formula is C15H22O5. The first-order valence-corrected chi connectivity index (χ1v) is 7.17. The number of carboxylic acid groups (broad SMARTS) is 1. The van der Waals surface area contributed by atoms with Crippen LogP contribution in [0.2, 0.25) is 0 Å². The quantitative estimate of drug-likeness (QED) is 0.798. The normalized spacial score (nSPS) is 40.0. The summed E-state index contributed by atoms with van der Waals surface area (Å²) in [5, 5.41) is 8.88. The van der Waals surface area contributed by atoms with Crippen LogP contribution in [0.1, 0.15) is 46.5 Å². The van der Waals surface area contributed by atoms with Crippen LogP contribution in [0.25, 0.3) is 0 Å². The molecule has 1 heterocycles. The fourth-order valence-corrected chi connectivity index (χ4v) is 3.87. The van der Waals surface area contributed by atoms with Crippen LogP contribution in [0.3, 0.4) is 0 Å². The molecular weight excluding hydrogens is 260 g/mol. The zero-order valence-electron chi connectivity index (χ0n) is 12.2. The molecule has 112 valence electrons. The molecule has 0 amide bonds. The van der Waals surface area contributed by atoms with Crippen molar-refractivity contribution in [3.05, 3.63) is 0 Å². The highest BCUT2D eigenvalue weighted by atomic mass is 16.6. The number of rotatable bonds is 4. The van der Waals surface area contributed by atoms with Crippen molar-refractivity contribution in [1.29, 1.82) is 0 Å². The fourth-order valence-electron chi connectivity index (χ4n) is 3.87. The second-order valence-corrected chi connectivity index (χ2v) is 6.58. The lowest BCUT2D eigenvalue weighted by Crippen LogP contribution is -2.44. The lowest BCUT2D eigenvalue weighted by molar-refractivity contribution is -0.147. The second-order valence-electron chi connectivity index (χ2n) is 6.58. The lowest BCUT2D eigenvalue weighted by atomic mass is 9.59. The zero-order chi connectivity index (χ0) is 15.1. The van der Waals surface area contributed by atoms with E-state index in [1.807, 2.05) is 13.8 Å². The van der Waals surface area contributed by atoms with Gasteiger partial charge in [-0.25, -0.2) is 0 Å². The summed E-state index contributed by atoms with van der Waals surface area (Å²) in [4.78, 5) is 34.5. The molecule has 2 rings (SSSR count). The summed E-state index contributed by atoms with van der Waals surface area (Å²) in [5.74, 6) is -1.21. The molecule has 1 saturated heterocycles. The molecule has 1 aliphatic carbocycles. The highest BCUT2D eigenvalue weighted by Crippen LogP contribution is 2.52. The van der Waals surface area contributed by atoms with E-state index in [1.54, 1.807) is 6.92 Å². The van der Waals surface area contributed by atoms with Crippen molar-refractivity contribution in [3.63, 3.8) is 0 Å². The van der Waals surface area contributed by atoms with Gasteiger partial charge in [0.25, 0.3) is 0 Å². The number of ketones is 1. The SMILES string of the molecule is CC(=O)[C@@H]1C[C@H]2[C@@H](C[C@]1(C)CCC(=O)O)OC(=O)[C@@H]2C.